The molecule has 58 heavy (non-hydrogen) atoms. The lowest BCUT2D eigenvalue weighted by Gasteiger charge is -2.10. The molecule has 0 radical (unpaired) electrons. The van der Waals surface area contributed by atoms with E-state index in [0.29, 0.717) is 22.3 Å². The van der Waals surface area contributed by atoms with Crippen molar-refractivity contribution in [1.82, 2.24) is 9.13 Å². The van der Waals surface area contributed by atoms with Crippen LogP contribution in [0.2, 0.25) is 0 Å². The molecule has 2 heterocycles. The van der Waals surface area contributed by atoms with Gasteiger partial charge in [-0.25, -0.2) is 0 Å². The summed E-state index contributed by atoms with van der Waals surface area (Å²) >= 11 is 0. The summed E-state index contributed by atoms with van der Waals surface area (Å²) in [7, 11) is 0. The van der Waals surface area contributed by atoms with E-state index in [-0.39, 0.29) is 0 Å². The first-order valence-electron chi connectivity index (χ1n) is 18.7. The van der Waals surface area contributed by atoms with Crippen molar-refractivity contribution in [2.75, 3.05) is 0 Å². The third kappa shape index (κ3) is 6.26. The molecule has 6 nitrogen and oxygen atoms in total. The van der Waals surface area contributed by atoms with Gasteiger partial charge in [-0.1, -0.05) is 97.1 Å². The maximum atomic E-state index is 9.24. The molecule has 10 aromatic rings. The first-order chi connectivity index (χ1) is 28.6. The zero-order valence-electron chi connectivity index (χ0n) is 31.0. The summed E-state index contributed by atoms with van der Waals surface area (Å²) in [6, 6.07) is 69.1. The van der Waals surface area contributed by atoms with E-state index in [4.69, 9.17) is 0 Å². The van der Waals surface area contributed by atoms with Crippen LogP contribution in [-0.4, -0.2) is 9.13 Å². The molecule has 0 saturated heterocycles. The molecular formula is C52H30N6. The Balaban J connectivity index is 0.000000150. The summed E-state index contributed by atoms with van der Waals surface area (Å²) < 4.78 is 4.53. The molecule has 8 aromatic carbocycles. The van der Waals surface area contributed by atoms with Crippen molar-refractivity contribution in [2.24, 2.45) is 0 Å². The quantitative estimate of drug-likeness (QED) is 0.179. The van der Waals surface area contributed by atoms with Gasteiger partial charge in [-0.05, 0) is 107 Å². The highest BCUT2D eigenvalue weighted by Crippen LogP contribution is 2.34. The van der Waals surface area contributed by atoms with Crippen molar-refractivity contribution in [1.29, 1.82) is 21.0 Å². The van der Waals surface area contributed by atoms with Crippen LogP contribution in [-0.2, 0) is 0 Å². The molecule has 0 bridgehead atoms. The summed E-state index contributed by atoms with van der Waals surface area (Å²) in [5.74, 6) is 0. The zero-order valence-corrected chi connectivity index (χ0v) is 31.0. The van der Waals surface area contributed by atoms with E-state index in [2.05, 4.69) is 155 Å². The van der Waals surface area contributed by atoms with Gasteiger partial charge in [0.25, 0.3) is 0 Å². The van der Waals surface area contributed by atoms with Crippen molar-refractivity contribution in [3.63, 3.8) is 0 Å². The Bertz CT molecular complexity index is 2980. The fraction of sp³-hybridized carbons (Fsp3) is 0. The maximum absolute atomic E-state index is 9.24. The molecule has 0 spiro atoms. The second-order valence-electron chi connectivity index (χ2n) is 13.9. The second kappa shape index (κ2) is 14.9. The molecule has 268 valence electrons. The van der Waals surface area contributed by atoms with Gasteiger partial charge < -0.3 is 9.13 Å². The van der Waals surface area contributed by atoms with E-state index in [9.17, 15) is 21.0 Å². The SMILES string of the molecule is N#Cc1cc(C#N)cc(-c2ccc(-n3c4ccccc4c4ccccc43)cc2)c1.N#Cc1cc(C#N)cc(-c2ccc(-n3c4ccccc4c4ccccc43)cc2)c1. The summed E-state index contributed by atoms with van der Waals surface area (Å²) in [5, 5.41) is 41.9. The van der Waals surface area contributed by atoms with Gasteiger partial charge in [-0.15, -0.1) is 0 Å². The lowest BCUT2D eigenvalue weighted by atomic mass is 10.0. The largest absolute Gasteiger partial charge is 0.309 e. The number of benzene rings is 8. The molecular weight excluding hydrogens is 709 g/mol. The average molecular weight is 739 g/mol. The lowest BCUT2D eigenvalue weighted by molar-refractivity contribution is 1.18. The maximum Gasteiger partial charge on any atom is 0.0992 e. The molecule has 2 aromatic heterocycles. The van der Waals surface area contributed by atoms with Gasteiger partial charge in [-0.2, -0.15) is 21.0 Å². The first-order valence-corrected chi connectivity index (χ1v) is 18.7. The number of nitrogens with zero attached hydrogens (tertiary/aromatic N) is 6. The van der Waals surface area contributed by atoms with Crippen LogP contribution in [0.1, 0.15) is 22.3 Å². The van der Waals surface area contributed by atoms with Gasteiger partial charge in [0.05, 0.1) is 68.6 Å². The molecule has 0 saturated carbocycles. The highest BCUT2D eigenvalue weighted by atomic mass is 15.0. The van der Waals surface area contributed by atoms with Crippen LogP contribution in [0.15, 0.2) is 182 Å². The van der Waals surface area contributed by atoms with Gasteiger partial charge in [0, 0.05) is 32.9 Å². The van der Waals surface area contributed by atoms with Crippen molar-refractivity contribution < 1.29 is 0 Å². The smallest absolute Gasteiger partial charge is 0.0992 e. The molecule has 0 aliphatic rings. The molecule has 0 amide bonds. The Morgan fingerprint density at radius 2 is 0.534 bits per heavy atom. The van der Waals surface area contributed by atoms with Crippen LogP contribution < -0.4 is 0 Å². The van der Waals surface area contributed by atoms with E-state index in [1.807, 2.05) is 48.5 Å². The summed E-state index contributed by atoms with van der Waals surface area (Å²) in [6.45, 7) is 0. The van der Waals surface area contributed by atoms with Gasteiger partial charge in [0.1, 0.15) is 0 Å². The lowest BCUT2D eigenvalue weighted by Crippen LogP contribution is -1.93. The minimum atomic E-state index is 0.491. The zero-order chi connectivity index (χ0) is 39.6. The molecule has 0 aliphatic heterocycles. The minimum Gasteiger partial charge on any atom is -0.309 e. The Labute approximate surface area is 334 Å². The highest BCUT2D eigenvalue weighted by Gasteiger charge is 2.13. The van der Waals surface area contributed by atoms with Crippen LogP contribution >= 0.6 is 0 Å². The Morgan fingerprint density at radius 3 is 0.793 bits per heavy atom. The van der Waals surface area contributed by atoms with E-state index >= 15 is 0 Å². The minimum absolute atomic E-state index is 0.491. The predicted octanol–water partition coefficient (Wildman–Crippen LogP) is 12.4. The standard InChI is InChI=1S/2C26H15N3/c2*27-16-18-13-19(17-28)15-21(14-18)20-9-11-22(12-10-20)29-25-7-3-1-5-23(25)24-6-2-4-8-26(24)29/h2*1-15H. The highest BCUT2D eigenvalue weighted by molar-refractivity contribution is 6.10. The molecule has 6 heteroatoms. The number of para-hydroxylation sites is 4. The van der Waals surface area contributed by atoms with Gasteiger partial charge >= 0.3 is 0 Å². The topological polar surface area (TPSA) is 105 Å². The second-order valence-corrected chi connectivity index (χ2v) is 13.9. The van der Waals surface area contributed by atoms with Crippen molar-refractivity contribution in [3.8, 4) is 57.9 Å². The molecule has 0 aliphatic carbocycles. The van der Waals surface area contributed by atoms with Crippen molar-refractivity contribution in [3.05, 3.63) is 204 Å². The molecule has 0 N–H and O–H groups in total. The first kappa shape index (κ1) is 35.0. The molecule has 0 fully saturated rings. The number of hydrogen-bond donors (Lipinski definition) is 0. The number of aromatic nitrogens is 2. The molecule has 0 unspecified atom stereocenters. The van der Waals surface area contributed by atoms with Gasteiger partial charge in [-0.3, -0.25) is 0 Å². The predicted molar refractivity (Wildman–Crippen MR) is 231 cm³/mol. The third-order valence-electron chi connectivity index (χ3n) is 10.5. The van der Waals surface area contributed by atoms with Gasteiger partial charge in [0.15, 0.2) is 0 Å². The number of hydrogen-bond acceptors (Lipinski definition) is 4. The van der Waals surface area contributed by atoms with Crippen LogP contribution in [0, 0.1) is 45.3 Å². The summed E-state index contributed by atoms with van der Waals surface area (Å²) in [5.41, 5.74) is 12.5. The van der Waals surface area contributed by atoms with Crippen molar-refractivity contribution in [2.45, 2.75) is 0 Å². The monoisotopic (exact) mass is 738 g/mol. The van der Waals surface area contributed by atoms with Crippen LogP contribution in [0.25, 0.3) is 77.2 Å². The number of fused-ring (bicyclic) bond motifs is 6. The van der Waals surface area contributed by atoms with Crippen molar-refractivity contribution >= 4 is 43.6 Å². The van der Waals surface area contributed by atoms with E-state index in [1.54, 1.807) is 12.1 Å². The summed E-state index contributed by atoms with van der Waals surface area (Å²) in [4.78, 5) is 0. The number of nitriles is 4. The Kier molecular flexibility index (Phi) is 8.98. The van der Waals surface area contributed by atoms with Crippen LogP contribution in [0.4, 0.5) is 0 Å². The molecule has 10 rings (SSSR count). The normalized spacial score (nSPS) is 10.7. The van der Waals surface area contributed by atoms with E-state index < -0.39 is 0 Å². The summed E-state index contributed by atoms with van der Waals surface area (Å²) in [6.07, 6.45) is 0. The van der Waals surface area contributed by atoms with Crippen LogP contribution in [0.3, 0.4) is 0 Å². The Hall–Kier alpha value is -8.68. The van der Waals surface area contributed by atoms with Crippen LogP contribution in [0.5, 0.6) is 0 Å². The molecule has 0 atom stereocenters. The van der Waals surface area contributed by atoms with E-state index in [1.165, 1.54) is 43.6 Å². The average Bonchev–Trinajstić information content (AvgIpc) is 3.82. The van der Waals surface area contributed by atoms with Gasteiger partial charge in [0.2, 0.25) is 0 Å². The third-order valence-corrected chi connectivity index (χ3v) is 10.5. The fourth-order valence-corrected chi connectivity index (χ4v) is 7.85. The fourth-order valence-electron chi connectivity index (χ4n) is 7.85. The number of rotatable bonds is 4. The van der Waals surface area contributed by atoms with E-state index in [0.717, 1.165) is 33.6 Å². The Morgan fingerprint density at radius 1 is 0.276 bits per heavy atom.